The van der Waals surface area contributed by atoms with Crippen LogP contribution in [0.25, 0.3) is 0 Å². The van der Waals surface area contributed by atoms with Crippen molar-refractivity contribution in [2.45, 2.75) is 38.4 Å². The molecule has 2 rings (SSSR count). The summed E-state index contributed by atoms with van der Waals surface area (Å²) < 4.78 is 5.85. The molecule has 2 aliphatic heterocycles. The highest BCUT2D eigenvalue weighted by Gasteiger charge is 2.31. The molecule has 2 heterocycles. The Kier molecular flexibility index (Phi) is 3.04. The van der Waals surface area contributed by atoms with E-state index in [4.69, 9.17) is 4.74 Å². The first-order chi connectivity index (χ1) is 6.85. The fraction of sp³-hybridized carbons (Fsp3) is 0.667. The molecule has 0 radical (unpaired) electrons. The molecule has 0 spiro atoms. The lowest BCUT2D eigenvalue weighted by atomic mass is 9.92. The highest BCUT2D eigenvalue weighted by Crippen LogP contribution is 2.33. The Labute approximate surface area is 85.3 Å². The summed E-state index contributed by atoms with van der Waals surface area (Å²) in [5, 5.41) is 9.22. The molecule has 0 aromatic heterocycles. The van der Waals surface area contributed by atoms with E-state index in [0.29, 0.717) is 5.92 Å². The molecule has 1 N–H and O–H groups in total. The van der Waals surface area contributed by atoms with Crippen LogP contribution in [0, 0.1) is 5.92 Å². The van der Waals surface area contributed by atoms with Crippen LogP contribution in [0.3, 0.4) is 0 Å². The van der Waals surface area contributed by atoms with E-state index in [0.717, 1.165) is 19.3 Å². The lowest BCUT2D eigenvalue weighted by Gasteiger charge is -2.16. The zero-order valence-electron chi connectivity index (χ0n) is 8.65. The standard InChI is InChI=1S/C12H18O2/c1-2-3-9-4-5-10(8-13)12-7-6-11(9)14-12/h3,6-7,10-13H,2,4-5,8H2,1H3/b9-3-. The number of fused-ring (bicyclic) bond motifs is 2. The van der Waals surface area contributed by atoms with E-state index in [9.17, 15) is 5.11 Å². The number of hydrogen-bond donors (Lipinski definition) is 1. The van der Waals surface area contributed by atoms with Crippen molar-refractivity contribution in [1.29, 1.82) is 0 Å². The van der Waals surface area contributed by atoms with Gasteiger partial charge < -0.3 is 9.84 Å². The predicted molar refractivity (Wildman–Crippen MR) is 56.0 cm³/mol. The molecular formula is C12H18O2. The van der Waals surface area contributed by atoms with Crippen LogP contribution in [0.5, 0.6) is 0 Å². The average molecular weight is 194 g/mol. The maximum absolute atomic E-state index is 9.22. The van der Waals surface area contributed by atoms with Crippen molar-refractivity contribution in [2.75, 3.05) is 6.61 Å². The minimum absolute atomic E-state index is 0.146. The first kappa shape index (κ1) is 9.94. The fourth-order valence-electron chi connectivity index (χ4n) is 2.28. The van der Waals surface area contributed by atoms with E-state index in [1.807, 2.05) is 0 Å². The molecule has 2 heteroatoms. The minimum Gasteiger partial charge on any atom is -0.396 e. The summed E-state index contributed by atoms with van der Waals surface area (Å²) in [6.07, 6.45) is 10.0. The number of hydrogen-bond acceptors (Lipinski definition) is 2. The monoisotopic (exact) mass is 194 g/mol. The number of rotatable bonds is 2. The van der Waals surface area contributed by atoms with Crippen LogP contribution in [0.15, 0.2) is 23.8 Å². The van der Waals surface area contributed by atoms with E-state index < -0.39 is 0 Å². The summed E-state index contributed by atoms with van der Waals surface area (Å²) in [6, 6.07) is 0. The lowest BCUT2D eigenvalue weighted by Crippen LogP contribution is -2.22. The molecule has 3 atom stereocenters. The van der Waals surface area contributed by atoms with Crippen LogP contribution in [0.1, 0.15) is 26.2 Å². The summed E-state index contributed by atoms with van der Waals surface area (Å²) in [4.78, 5) is 0. The third-order valence-corrected chi connectivity index (χ3v) is 3.11. The molecule has 2 bridgehead atoms. The molecule has 3 unspecified atom stereocenters. The van der Waals surface area contributed by atoms with Gasteiger partial charge in [-0.2, -0.15) is 0 Å². The topological polar surface area (TPSA) is 29.5 Å². The van der Waals surface area contributed by atoms with Gasteiger partial charge in [-0.15, -0.1) is 0 Å². The molecular weight excluding hydrogens is 176 g/mol. The van der Waals surface area contributed by atoms with Gasteiger partial charge >= 0.3 is 0 Å². The van der Waals surface area contributed by atoms with Crippen LogP contribution in [-0.4, -0.2) is 23.9 Å². The Morgan fingerprint density at radius 3 is 3.14 bits per heavy atom. The molecule has 14 heavy (non-hydrogen) atoms. The smallest absolute Gasteiger partial charge is 0.0975 e. The molecule has 1 saturated heterocycles. The Morgan fingerprint density at radius 1 is 1.57 bits per heavy atom. The third-order valence-electron chi connectivity index (χ3n) is 3.11. The van der Waals surface area contributed by atoms with Crippen molar-refractivity contribution in [3.05, 3.63) is 23.8 Å². The van der Waals surface area contributed by atoms with Gasteiger partial charge in [0.1, 0.15) is 0 Å². The van der Waals surface area contributed by atoms with Crippen LogP contribution in [0.4, 0.5) is 0 Å². The summed E-state index contributed by atoms with van der Waals surface area (Å²) in [6.45, 7) is 2.39. The van der Waals surface area contributed by atoms with Gasteiger partial charge in [0.15, 0.2) is 0 Å². The van der Waals surface area contributed by atoms with Crippen LogP contribution < -0.4 is 0 Å². The summed E-state index contributed by atoms with van der Waals surface area (Å²) in [5.74, 6) is 0.291. The largest absolute Gasteiger partial charge is 0.396 e. The zero-order chi connectivity index (χ0) is 9.97. The van der Waals surface area contributed by atoms with Crippen molar-refractivity contribution in [3.8, 4) is 0 Å². The quantitative estimate of drug-likeness (QED) is 0.682. The second-order valence-corrected chi connectivity index (χ2v) is 4.07. The van der Waals surface area contributed by atoms with E-state index >= 15 is 0 Å². The third kappa shape index (κ3) is 1.77. The van der Waals surface area contributed by atoms with Crippen LogP contribution in [0.2, 0.25) is 0 Å². The van der Waals surface area contributed by atoms with E-state index in [2.05, 4.69) is 25.2 Å². The van der Waals surface area contributed by atoms with Gasteiger partial charge in [-0.3, -0.25) is 0 Å². The number of allylic oxidation sites excluding steroid dienone is 1. The van der Waals surface area contributed by atoms with Crippen molar-refractivity contribution in [1.82, 2.24) is 0 Å². The minimum atomic E-state index is 0.146. The molecule has 0 aromatic rings. The SMILES string of the molecule is CC/C=C1/CCC(CO)C2C=CC1O2. The van der Waals surface area contributed by atoms with Gasteiger partial charge in [-0.1, -0.05) is 25.2 Å². The lowest BCUT2D eigenvalue weighted by molar-refractivity contribution is 0.0321. The first-order valence-corrected chi connectivity index (χ1v) is 5.48. The fourth-order valence-corrected chi connectivity index (χ4v) is 2.28. The van der Waals surface area contributed by atoms with E-state index in [-0.39, 0.29) is 18.8 Å². The van der Waals surface area contributed by atoms with Crippen LogP contribution >= 0.6 is 0 Å². The van der Waals surface area contributed by atoms with Crippen LogP contribution in [-0.2, 0) is 4.74 Å². The van der Waals surface area contributed by atoms with E-state index in [1.54, 1.807) is 0 Å². The molecule has 2 aliphatic rings. The van der Waals surface area contributed by atoms with Crippen molar-refractivity contribution >= 4 is 0 Å². The van der Waals surface area contributed by atoms with E-state index in [1.165, 1.54) is 5.57 Å². The molecule has 0 amide bonds. The molecule has 0 saturated carbocycles. The molecule has 2 nitrogen and oxygen atoms in total. The Morgan fingerprint density at radius 2 is 2.43 bits per heavy atom. The molecule has 0 aliphatic carbocycles. The average Bonchev–Trinajstić information content (AvgIpc) is 2.58. The zero-order valence-corrected chi connectivity index (χ0v) is 8.65. The predicted octanol–water partition coefficient (Wildman–Crippen LogP) is 2.05. The summed E-state index contributed by atoms with van der Waals surface area (Å²) in [7, 11) is 0. The summed E-state index contributed by atoms with van der Waals surface area (Å²) >= 11 is 0. The number of aliphatic hydroxyl groups is 1. The van der Waals surface area contributed by atoms with Gasteiger partial charge in [-0.25, -0.2) is 0 Å². The number of aliphatic hydroxyl groups excluding tert-OH is 1. The molecule has 1 fully saturated rings. The van der Waals surface area contributed by atoms with Crippen molar-refractivity contribution in [3.63, 3.8) is 0 Å². The van der Waals surface area contributed by atoms with Crippen molar-refractivity contribution in [2.24, 2.45) is 5.92 Å². The van der Waals surface area contributed by atoms with Gasteiger partial charge in [0.25, 0.3) is 0 Å². The maximum atomic E-state index is 9.22. The van der Waals surface area contributed by atoms with Gasteiger partial charge in [0.2, 0.25) is 0 Å². The summed E-state index contributed by atoms with van der Waals surface area (Å²) in [5.41, 5.74) is 1.39. The van der Waals surface area contributed by atoms with Gasteiger partial charge in [0.05, 0.1) is 12.2 Å². The maximum Gasteiger partial charge on any atom is 0.0975 e. The highest BCUT2D eigenvalue weighted by molar-refractivity contribution is 5.22. The Hall–Kier alpha value is -0.600. The Balaban J connectivity index is 2.14. The second-order valence-electron chi connectivity index (χ2n) is 4.07. The molecule has 0 aromatic carbocycles. The highest BCUT2D eigenvalue weighted by atomic mass is 16.5. The van der Waals surface area contributed by atoms with Gasteiger partial charge in [0, 0.05) is 12.5 Å². The van der Waals surface area contributed by atoms with Crippen molar-refractivity contribution < 1.29 is 9.84 Å². The normalized spacial score (nSPS) is 39.0. The number of ether oxygens (including phenoxy) is 1. The first-order valence-electron chi connectivity index (χ1n) is 5.48. The second kappa shape index (κ2) is 4.28. The van der Waals surface area contributed by atoms with Gasteiger partial charge in [-0.05, 0) is 24.8 Å². The Bertz CT molecular complexity index is 255. The molecule has 78 valence electrons.